The smallest absolute Gasteiger partial charge is 0.347 e. The maximum Gasteiger partial charge on any atom is 0.347 e. The van der Waals surface area contributed by atoms with E-state index in [0.29, 0.717) is 17.0 Å². The Morgan fingerprint density at radius 3 is 2.70 bits per heavy atom. The van der Waals surface area contributed by atoms with E-state index in [2.05, 4.69) is 14.9 Å². The third-order valence-electron chi connectivity index (χ3n) is 2.37. The molecule has 0 unspecified atom stereocenters. The summed E-state index contributed by atoms with van der Waals surface area (Å²) in [5, 5.41) is 18.9. The van der Waals surface area contributed by atoms with Crippen molar-refractivity contribution in [3.05, 3.63) is 20.8 Å². The zero-order valence-electron chi connectivity index (χ0n) is 10.6. The van der Waals surface area contributed by atoms with Crippen LogP contribution in [0.25, 0.3) is 0 Å². The van der Waals surface area contributed by atoms with Crippen molar-refractivity contribution in [3.8, 4) is 0 Å². The minimum absolute atomic E-state index is 0.129. The summed E-state index contributed by atoms with van der Waals surface area (Å²) < 4.78 is 26.8. The Bertz CT molecular complexity index is 748. The summed E-state index contributed by atoms with van der Waals surface area (Å²) in [5.41, 5.74) is 0.389. The first kappa shape index (κ1) is 14.9. The lowest BCUT2D eigenvalue weighted by atomic mass is 10.3. The molecule has 108 valence electrons. The number of carboxylic acid groups (broad SMARTS) is 1. The molecular formula is C10H11N3O4S3. The summed E-state index contributed by atoms with van der Waals surface area (Å²) in [6.45, 7) is 3.43. The second-order valence-electron chi connectivity index (χ2n) is 3.84. The summed E-state index contributed by atoms with van der Waals surface area (Å²) in [5.74, 6) is -1.27. The van der Waals surface area contributed by atoms with Crippen LogP contribution in [-0.2, 0) is 16.4 Å². The van der Waals surface area contributed by atoms with E-state index in [9.17, 15) is 13.2 Å². The van der Waals surface area contributed by atoms with E-state index in [0.717, 1.165) is 22.7 Å². The van der Waals surface area contributed by atoms with E-state index in [1.54, 1.807) is 6.92 Å². The number of nitrogens with zero attached hydrogens (tertiary/aromatic N) is 2. The van der Waals surface area contributed by atoms with Crippen LogP contribution in [0, 0.1) is 6.92 Å². The van der Waals surface area contributed by atoms with Crippen LogP contribution in [0.2, 0.25) is 0 Å². The van der Waals surface area contributed by atoms with Crippen molar-refractivity contribution in [1.82, 2.24) is 10.2 Å². The van der Waals surface area contributed by atoms with Gasteiger partial charge in [-0.05, 0) is 24.3 Å². The van der Waals surface area contributed by atoms with Crippen molar-refractivity contribution in [2.75, 3.05) is 4.72 Å². The molecule has 0 aliphatic heterocycles. The predicted molar refractivity (Wildman–Crippen MR) is 76.1 cm³/mol. The van der Waals surface area contributed by atoms with Gasteiger partial charge in [0, 0.05) is 0 Å². The molecule has 2 aromatic rings. The van der Waals surface area contributed by atoms with Gasteiger partial charge in [0.15, 0.2) is 0 Å². The minimum atomic E-state index is -3.98. The number of hydrogen-bond acceptors (Lipinski definition) is 7. The first-order valence-corrected chi connectivity index (χ1v) is 8.69. The lowest BCUT2D eigenvalue weighted by molar-refractivity contribution is 0.0698. The SMILES string of the molecule is CCc1nnc(NS(=O)(=O)c2c(C)csc2C(=O)O)s1. The number of thiophene rings is 1. The molecule has 10 heteroatoms. The van der Waals surface area contributed by atoms with Crippen LogP contribution < -0.4 is 4.72 Å². The summed E-state index contributed by atoms with van der Waals surface area (Å²) in [7, 11) is -3.98. The van der Waals surface area contributed by atoms with Gasteiger partial charge >= 0.3 is 5.97 Å². The van der Waals surface area contributed by atoms with Gasteiger partial charge in [-0.25, -0.2) is 13.2 Å². The van der Waals surface area contributed by atoms with Crippen LogP contribution >= 0.6 is 22.7 Å². The summed E-state index contributed by atoms with van der Waals surface area (Å²) in [4.78, 5) is 10.6. The number of rotatable bonds is 5. The molecule has 2 rings (SSSR count). The van der Waals surface area contributed by atoms with E-state index >= 15 is 0 Å². The molecule has 2 N–H and O–H groups in total. The largest absolute Gasteiger partial charge is 0.477 e. The fourth-order valence-electron chi connectivity index (χ4n) is 1.52. The number of anilines is 1. The molecule has 20 heavy (non-hydrogen) atoms. The normalized spacial score (nSPS) is 11.5. The molecule has 2 heterocycles. The van der Waals surface area contributed by atoms with E-state index in [4.69, 9.17) is 5.11 Å². The number of sulfonamides is 1. The van der Waals surface area contributed by atoms with E-state index in [1.807, 2.05) is 6.92 Å². The summed E-state index contributed by atoms with van der Waals surface area (Å²) in [6, 6.07) is 0. The first-order valence-electron chi connectivity index (χ1n) is 5.51. The Morgan fingerprint density at radius 1 is 1.45 bits per heavy atom. The Hall–Kier alpha value is -1.52. The van der Waals surface area contributed by atoms with Crippen molar-refractivity contribution < 1.29 is 18.3 Å². The van der Waals surface area contributed by atoms with Gasteiger partial charge in [0.2, 0.25) is 5.13 Å². The second-order valence-corrected chi connectivity index (χ2v) is 7.40. The first-order chi connectivity index (χ1) is 9.35. The highest BCUT2D eigenvalue weighted by atomic mass is 32.2. The Kier molecular flexibility index (Phi) is 4.06. The molecule has 0 fully saturated rings. The van der Waals surface area contributed by atoms with Crippen LogP contribution in [0.4, 0.5) is 5.13 Å². The van der Waals surface area contributed by atoms with Crippen molar-refractivity contribution in [1.29, 1.82) is 0 Å². The highest BCUT2D eigenvalue weighted by Gasteiger charge is 2.27. The average Bonchev–Trinajstić information content (AvgIpc) is 2.95. The molecule has 0 saturated heterocycles. The summed E-state index contributed by atoms with van der Waals surface area (Å²) >= 11 is 2.00. The number of hydrogen-bond donors (Lipinski definition) is 2. The molecule has 0 aliphatic rings. The standard InChI is InChI=1S/C10H11N3O4S3/c1-3-6-11-12-10(19-6)13-20(16,17)8-5(2)4-18-7(8)9(14)15/h4H,3H2,1-2H3,(H,12,13)(H,14,15). The van der Waals surface area contributed by atoms with Gasteiger partial charge in [0.25, 0.3) is 10.0 Å². The Balaban J connectivity index is 2.40. The third kappa shape index (κ3) is 2.81. The van der Waals surface area contributed by atoms with Crippen molar-refractivity contribution in [2.45, 2.75) is 25.2 Å². The van der Waals surface area contributed by atoms with Crippen LogP contribution in [0.5, 0.6) is 0 Å². The number of carbonyl (C=O) groups is 1. The maximum atomic E-state index is 12.3. The van der Waals surface area contributed by atoms with Crippen molar-refractivity contribution in [2.24, 2.45) is 0 Å². The lowest BCUT2D eigenvalue weighted by Gasteiger charge is -2.05. The average molecular weight is 333 g/mol. The molecule has 0 atom stereocenters. The molecular weight excluding hydrogens is 322 g/mol. The third-order valence-corrected chi connectivity index (χ3v) is 6.22. The minimum Gasteiger partial charge on any atom is -0.477 e. The second kappa shape index (κ2) is 5.46. The fraction of sp³-hybridized carbons (Fsp3) is 0.300. The zero-order valence-corrected chi connectivity index (χ0v) is 13.0. The van der Waals surface area contributed by atoms with Gasteiger partial charge in [-0.3, -0.25) is 4.72 Å². The monoisotopic (exact) mass is 333 g/mol. The van der Waals surface area contributed by atoms with Crippen LogP contribution in [0.1, 0.15) is 27.2 Å². The molecule has 0 bridgehead atoms. The maximum absolute atomic E-state index is 12.3. The van der Waals surface area contributed by atoms with Gasteiger partial charge in [-0.15, -0.1) is 21.5 Å². The van der Waals surface area contributed by atoms with Gasteiger partial charge in [0.1, 0.15) is 14.8 Å². The zero-order chi connectivity index (χ0) is 14.9. The highest BCUT2D eigenvalue weighted by molar-refractivity contribution is 7.93. The van der Waals surface area contributed by atoms with Gasteiger partial charge in [0.05, 0.1) is 0 Å². The Labute approximate surface area is 123 Å². The van der Waals surface area contributed by atoms with Crippen LogP contribution in [0.15, 0.2) is 10.3 Å². The molecule has 0 aromatic carbocycles. The van der Waals surface area contributed by atoms with E-state index in [1.165, 1.54) is 5.38 Å². The molecule has 7 nitrogen and oxygen atoms in total. The highest BCUT2D eigenvalue weighted by Crippen LogP contribution is 2.29. The fourth-order valence-corrected chi connectivity index (χ4v) is 5.06. The Morgan fingerprint density at radius 2 is 2.15 bits per heavy atom. The molecule has 2 aromatic heterocycles. The summed E-state index contributed by atoms with van der Waals surface area (Å²) in [6.07, 6.45) is 0.650. The molecule has 0 saturated carbocycles. The number of aromatic carboxylic acids is 1. The van der Waals surface area contributed by atoms with E-state index < -0.39 is 16.0 Å². The number of aromatic nitrogens is 2. The predicted octanol–water partition coefficient (Wildman–Crippen LogP) is 1.97. The number of carboxylic acids is 1. The molecule has 0 radical (unpaired) electrons. The van der Waals surface area contributed by atoms with Crippen molar-refractivity contribution in [3.63, 3.8) is 0 Å². The number of nitrogens with one attached hydrogen (secondary N) is 1. The topological polar surface area (TPSA) is 109 Å². The van der Waals surface area contributed by atoms with Gasteiger partial charge in [-0.1, -0.05) is 18.3 Å². The van der Waals surface area contributed by atoms with Crippen LogP contribution in [-0.4, -0.2) is 29.7 Å². The molecule has 0 amide bonds. The van der Waals surface area contributed by atoms with E-state index in [-0.39, 0.29) is 14.9 Å². The van der Waals surface area contributed by atoms with Gasteiger partial charge in [-0.2, -0.15) is 0 Å². The number of aryl methyl sites for hydroxylation is 2. The lowest BCUT2D eigenvalue weighted by Crippen LogP contribution is -2.16. The van der Waals surface area contributed by atoms with Crippen molar-refractivity contribution >= 4 is 43.8 Å². The molecule has 0 spiro atoms. The van der Waals surface area contributed by atoms with Crippen LogP contribution in [0.3, 0.4) is 0 Å². The van der Waals surface area contributed by atoms with Gasteiger partial charge < -0.3 is 5.11 Å². The molecule has 0 aliphatic carbocycles. The quantitative estimate of drug-likeness (QED) is 0.866.